The molecule has 0 aliphatic carbocycles. The Bertz CT molecular complexity index is 762. The lowest BCUT2D eigenvalue weighted by atomic mass is 9.94. The number of nitrogens with zero attached hydrogens (tertiary/aromatic N) is 3. The second kappa shape index (κ2) is 9.33. The summed E-state index contributed by atoms with van der Waals surface area (Å²) in [6, 6.07) is 7.70. The maximum atomic E-state index is 13.0. The van der Waals surface area contributed by atoms with Crippen LogP contribution in [0.15, 0.2) is 30.5 Å². The highest BCUT2D eigenvalue weighted by Gasteiger charge is 2.24. The number of hydrogen-bond donors (Lipinski definition) is 1. The van der Waals surface area contributed by atoms with Gasteiger partial charge in [0.25, 0.3) is 0 Å². The number of benzene rings is 1. The highest BCUT2D eigenvalue weighted by atomic mass is 35.5. The number of ether oxygens (including phenoxy) is 1. The second-order valence-electron chi connectivity index (χ2n) is 7.64. The maximum Gasteiger partial charge on any atom is 0.223 e. The number of carbonyl (C=O) groups excluding carboxylic acids is 1. The first-order valence-electron chi connectivity index (χ1n) is 9.51. The first-order chi connectivity index (χ1) is 13.0. The predicted molar refractivity (Wildman–Crippen MR) is 104 cm³/mol. The Morgan fingerprint density at radius 3 is 3.04 bits per heavy atom. The van der Waals surface area contributed by atoms with E-state index in [9.17, 15) is 4.79 Å². The van der Waals surface area contributed by atoms with Crippen LogP contribution in [0.25, 0.3) is 0 Å². The SMILES string of the molecule is CC(C)C[C@H]1COCc2cn(nn2)CC[C@@H](Cc2cccc(Cl)c2)C(=O)N1. The Labute approximate surface area is 165 Å². The van der Waals surface area contributed by atoms with Gasteiger partial charge in [0.15, 0.2) is 0 Å². The largest absolute Gasteiger partial charge is 0.373 e. The average Bonchev–Trinajstić information content (AvgIpc) is 3.05. The van der Waals surface area contributed by atoms with Gasteiger partial charge in [-0.2, -0.15) is 0 Å². The number of nitrogens with one attached hydrogen (secondary N) is 1. The molecule has 1 aliphatic heterocycles. The summed E-state index contributed by atoms with van der Waals surface area (Å²) < 4.78 is 7.57. The lowest BCUT2D eigenvalue weighted by molar-refractivity contribution is -0.126. The van der Waals surface area contributed by atoms with Crippen molar-refractivity contribution in [2.24, 2.45) is 11.8 Å². The summed E-state index contributed by atoms with van der Waals surface area (Å²) in [5.74, 6) is 0.370. The van der Waals surface area contributed by atoms with Crippen molar-refractivity contribution in [1.82, 2.24) is 20.3 Å². The van der Waals surface area contributed by atoms with Crippen LogP contribution >= 0.6 is 11.6 Å². The van der Waals surface area contributed by atoms with Crippen LogP contribution in [-0.4, -0.2) is 33.5 Å². The Kier molecular flexibility index (Phi) is 6.85. The maximum absolute atomic E-state index is 13.0. The molecule has 2 aromatic rings. The van der Waals surface area contributed by atoms with E-state index in [0.29, 0.717) is 43.5 Å². The lowest BCUT2D eigenvalue weighted by Crippen LogP contribution is -2.43. The molecule has 6 nitrogen and oxygen atoms in total. The summed E-state index contributed by atoms with van der Waals surface area (Å²) in [6.45, 7) is 5.83. The molecule has 0 fully saturated rings. The van der Waals surface area contributed by atoms with Gasteiger partial charge in [0.05, 0.1) is 25.5 Å². The molecule has 1 aromatic carbocycles. The van der Waals surface area contributed by atoms with Crippen molar-refractivity contribution in [3.63, 3.8) is 0 Å². The van der Waals surface area contributed by atoms with Crippen LogP contribution < -0.4 is 5.32 Å². The van der Waals surface area contributed by atoms with Crippen molar-refractivity contribution in [3.05, 3.63) is 46.7 Å². The average molecular weight is 391 g/mol. The van der Waals surface area contributed by atoms with E-state index >= 15 is 0 Å². The number of amides is 1. The quantitative estimate of drug-likeness (QED) is 0.870. The van der Waals surface area contributed by atoms with Gasteiger partial charge in [-0.05, 0) is 42.9 Å². The summed E-state index contributed by atoms with van der Waals surface area (Å²) >= 11 is 6.12. The normalized spacial score (nSPS) is 21.4. The van der Waals surface area contributed by atoms with E-state index in [4.69, 9.17) is 16.3 Å². The summed E-state index contributed by atoms with van der Waals surface area (Å²) in [5, 5.41) is 12.2. The highest BCUT2D eigenvalue weighted by Crippen LogP contribution is 2.19. The topological polar surface area (TPSA) is 69.0 Å². The van der Waals surface area contributed by atoms with Gasteiger partial charge in [0, 0.05) is 17.5 Å². The van der Waals surface area contributed by atoms with Crippen LogP contribution in [-0.2, 0) is 29.1 Å². The van der Waals surface area contributed by atoms with E-state index in [1.54, 1.807) is 4.68 Å². The molecule has 1 aromatic heterocycles. The summed E-state index contributed by atoms with van der Waals surface area (Å²) in [7, 11) is 0. The number of aromatic nitrogens is 3. The van der Waals surface area contributed by atoms with Crippen LogP contribution in [0, 0.1) is 11.8 Å². The minimum atomic E-state index is -0.162. The molecule has 0 spiro atoms. The Balaban J connectivity index is 1.79. The van der Waals surface area contributed by atoms with E-state index in [1.165, 1.54) is 0 Å². The second-order valence-corrected chi connectivity index (χ2v) is 8.08. The number of hydrogen-bond acceptors (Lipinski definition) is 4. The molecule has 2 bridgehead atoms. The fraction of sp³-hybridized carbons (Fsp3) is 0.550. The van der Waals surface area contributed by atoms with Gasteiger partial charge in [-0.25, -0.2) is 0 Å². The monoisotopic (exact) mass is 390 g/mol. The lowest BCUT2D eigenvalue weighted by Gasteiger charge is -2.24. The fourth-order valence-electron chi connectivity index (χ4n) is 3.44. The Morgan fingerprint density at radius 1 is 1.41 bits per heavy atom. The molecule has 1 amide bonds. The molecular weight excluding hydrogens is 364 g/mol. The fourth-order valence-corrected chi connectivity index (χ4v) is 3.65. The van der Waals surface area contributed by atoms with Crippen molar-refractivity contribution >= 4 is 17.5 Å². The first kappa shape index (κ1) is 19.8. The molecule has 0 radical (unpaired) electrons. The van der Waals surface area contributed by atoms with E-state index < -0.39 is 0 Å². The third kappa shape index (κ3) is 6.04. The number of halogens is 1. The summed E-state index contributed by atoms with van der Waals surface area (Å²) in [4.78, 5) is 13.0. The molecule has 0 unspecified atom stereocenters. The molecule has 2 heterocycles. The minimum absolute atomic E-state index is 0.00571. The van der Waals surface area contributed by atoms with Gasteiger partial charge in [-0.15, -0.1) is 5.10 Å². The summed E-state index contributed by atoms with van der Waals surface area (Å²) in [5.41, 5.74) is 1.88. The van der Waals surface area contributed by atoms with Crippen LogP contribution in [0.3, 0.4) is 0 Å². The molecule has 0 saturated heterocycles. The van der Waals surface area contributed by atoms with Gasteiger partial charge in [-0.3, -0.25) is 9.48 Å². The molecule has 1 aliphatic rings. The van der Waals surface area contributed by atoms with Crippen LogP contribution in [0.1, 0.15) is 37.9 Å². The standard InChI is InChI=1S/C20H27ClN4O2/c1-14(2)8-18-12-27-13-19-11-25(24-23-19)7-6-16(20(26)22-18)9-15-4-3-5-17(21)10-15/h3-5,10-11,14,16,18H,6-9,12-13H2,1-2H3,(H,22,26)/t16-,18-/m0/s1. The third-order valence-corrected chi connectivity index (χ3v) is 4.94. The van der Waals surface area contributed by atoms with Crippen molar-refractivity contribution in [1.29, 1.82) is 0 Å². The smallest absolute Gasteiger partial charge is 0.223 e. The van der Waals surface area contributed by atoms with Gasteiger partial charge < -0.3 is 10.1 Å². The molecule has 1 N–H and O–H groups in total. The third-order valence-electron chi connectivity index (χ3n) is 4.71. The van der Waals surface area contributed by atoms with Crippen LogP contribution in [0.4, 0.5) is 0 Å². The Morgan fingerprint density at radius 2 is 2.26 bits per heavy atom. The van der Waals surface area contributed by atoms with Gasteiger partial charge in [0.1, 0.15) is 5.69 Å². The predicted octanol–water partition coefficient (Wildman–Crippen LogP) is 3.24. The zero-order chi connectivity index (χ0) is 19.2. The van der Waals surface area contributed by atoms with E-state index in [1.807, 2.05) is 30.5 Å². The van der Waals surface area contributed by atoms with Gasteiger partial charge in [0.2, 0.25) is 5.91 Å². The minimum Gasteiger partial charge on any atom is -0.373 e. The van der Waals surface area contributed by atoms with E-state index in [2.05, 4.69) is 29.5 Å². The zero-order valence-electron chi connectivity index (χ0n) is 15.9. The van der Waals surface area contributed by atoms with Gasteiger partial charge >= 0.3 is 0 Å². The highest BCUT2D eigenvalue weighted by molar-refractivity contribution is 6.30. The molecular formula is C20H27ClN4O2. The van der Waals surface area contributed by atoms with E-state index in [0.717, 1.165) is 17.7 Å². The number of fused-ring (bicyclic) bond motifs is 2. The van der Waals surface area contributed by atoms with Crippen molar-refractivity contribution in [2.45, 2.75) is 52.3 Å². The van der Waals surface area contributed by atoms with Crippen LogP contribution in [0.5, 0.6) is 0 Å². The molecule has 27 heavy (non-hydrogen) atoms. The number of aryl methyl sites for hydroxylation is 1. The van der Waals surface area contributed by atoms with Gasteiger partial charge in [-0.1, -0.05) is 42.8 Å². The van der Waals surface area contributed by atoms with E-state index in [-0.39, 0.29) is 17.9 Å². The molecule has 0 saturated carbocycles. The zero-order valence-corrected chi connectivity index (χ0v) is 16.7. The van der Waals surface area contributed by atoms with Crippen LogP contribution in [0.2, 0.25) is 5.02 Å². The first-order valence-corrected chi connectivity index (χ1v) is 9.89. The molecule has 3 rings (SSSR count). The molecule has 146 valence electrons. The van der Waals surface area contributed by atoms with Crippen molar-refractivity contribution < 1.29 is 9.53 Å². The molecule has 2 atom stereocenters. The number of rotatable bonds is 4. The molecule has 7 heteroatoms. The Hall–Kier alpha value is -1.92. The number of carbonyl (C=O) groups is 1. The summed E-state index contributed by atoms with van der Waals surface area (Å²) in [6.07, 6.45) is 4.11. The van der Waals surface area contributed by atoms with Crippen molar-refractivity contribution in [3.8, 4) is 0 Å². The van der Waals surface area contributed by atoms with Crippen molar-refractivity contribution in [2.75, 3.05) is 6.61 Å².